The first kappa shape index (κ1) is 10.3. The summed E-state index contributed by atoms with van der Waals surface area (Å²) in [5.74, 6) is -0.0871. The van der Waals surface area contributed by atoms with Gasteiger partial charge < -0.3 is 5.11 Å². The fourth-order valence-electron chi connectivity index (χ4n) is 0.916. The molecular weight excluding hydrogens is 204 g/mol. The second-order valence-electron chi connectivity index (χ2n) is 2.50. The van der Waals surface area contributed by atoms with Gasteiger partial charge in [0.15, 0.2) is 0 Å². The van der Waals surface area contributed by atoms with Gasteiger partial charge >= 0.3 is 5.97 Å². The Labute approximate surface area is 86.3 Å². The van der Waals surface area contributed by atoms with Gasteiger partial charge in [-0.1, -0.05) is 12.2 Å². The number of carbonyl (C=O) groups is 1. The molecule has 2 nitrogen and oxygen atoms in total. The van der Waals surface area contributed by atoms with Crippen molar-refractivity contribution in [2.45, 2.75) is 6.42 Å². The molecule has 13 heavy (non-hydrogen) atoms. The summed E-state index contributed by atoms with van der Waals surface area (Å²) < 4.78 is 0. The van der Waals surface area contributed by atoms with E-state index in [4.69, 9.17) is 5.11 Å². The van der Waals surface area contributed by atoms with Gasteiger partial charge in [-0.25, -0.2) is 0 Å². The van der Waals surface area contributed by atoms with Crippen LogP contribution in [0.25, 0.3) is 6.08 Å². The van der Waals surface area contributed by atoms with Gasteiger partial charge in [0.05, 0.1) is 6.42 Å². The Morgan fingerprint density at radius 3 is 3.08 bits per heavy atom. The molecule has 1 aromatic heterocycles. The summed E-state index contributed by atoms with van der Waals surface area (Å²) in [5.41, 5.74) is 1.05. The molecule has 0 saturated heterocycles. The fraction of sp³-hybridized carbons (Fsp3) is 0.222. The molecule has 1 aromatic rings. The van der Waals surface area contributed by atoms with Crippen molar-refractivity contribution in [2.75, 3.05) is 5.75 Å². The van der Waals surface area contributed by atoms with E-state index in [0.29, 0.717) is 5.75 Å². The van der Waals surface area contributed by atoms with Crippen LogP contribution in [-0.2, 0) is 11.2 Å². The highest BCUT2D eigenvalue weighted by Gasteiger charge is 2.02. The maximum Gasteiger partial charge on any atom is 0.308 e. The highest BCUT2D eigenvalue weighted by atomic mass is 32.1. The predicted octanol–water partition coefficient (Wildman–Crippen LogP) is 2.32. The van der Waals surface area contributed by atoms with Gasteiger partial charge in [0.1, 0.15) is 0 Å². The average Bonchev–Trinajstić information content (AvgIpc) is 2.48. The molecule has 1 heterocycles. The largest absolute Gasteiger partial charge is 0.481 e. The lowest BCUT2D eigenvalue weighted by Gasteiger charge is -1.86. The first-order valence-corrected chi connectivity index (χ1v) is 5.30. The molecule has 1 rings (SSSR count). The lowest BCUT2D eigenvalue weighted by Crippen LogP contribution is -1.97. The molecule has 1 N–H and O–H groups in total. The smallest absolute Gasteiger partial charge is 0.308 e. The zero-order chi connectivity index (χ0) is 9.68. The molecule has 0 aliphatic heterocycles. The summed E-state index contributed by atoms with van der Waals surface area (Å²) >= 11 is 5.51. The van der Waals surface area contributed by atoms with Crippen molar-refractivity contribution in [3.8, 4) is 0 Å². The molecule has 0 saturated carbocycles. The van der Waals surface area contributed by atoms with Crippen molar-refractivity contribution in [3.05, 3.63) is 28.0 Å². The number of aliphatic carboxylic acids is 1. The second kappa shape index (κ2) is 5.09. The van der Waals surface area contributed by atoms with Crippen LogP contribution < -0.4 is 0 Å². The van der Waals surface area contributed by atoms with E-state index >= 15 is 0 Å². The first-order valence-electron chi connectivity index (χ1n) is 3.79. The van der Waals surface area contributed by atoms with Gasteiger partial charge in [0.2, 0.25) is 0 Å². The minimum atomic E-state index is -0.786. The van der Waals surface area contributed by atoms with Gasteiger partial charge in [-0.15, -0.1) is 11.3 Å². The minimum Gasteiger partial charge on any atom is -0.481 e. The second-order valence-corrected chi connectivity index (χ2v) is 3.86. The van der Waals surface area contributed by atoms with Crippen LogP contribution in [0.1, 0.15) is 10.4 Å². The van der Waals surface area contributed by atoms with Crippen LogP contribution in [-0.4, -0.2) is 16.8 Å². The summed E-state index contributed by atoms with van der Waals surface area (Å²) in [6, 6.07) is 1.89. The number of thiol groups is 1. The maximum absolute atomic E-state index is 10.4. The van der Waals surface area contributed by atoms with Crippen LogP contribution in [0.3, 0.4) is 0 Å². The SMILES string of the molecule is O=C(O)Cc1cc(C=CCS)cs1. The van der Waals surface area contributed by atoms with Crippen molar-refractivity contribution < 1.29 is 9.90 Å². The third-order valence-corrected chi connectivity index (χ3v) is 2.58. The summed E-state index contributed by atoms with van der Waals surface area (Å²) in [6.07, 6.45) is 3.98. The number of thiophene rings is 1. The van der Waals surface area contributed by atoms with E-state index in [2.05, 4.69) is 12.6 Å². The normalized spacial score (nSPS) is 10.8. The van der Waals surface area contributed by atoms with E-state index in [0.717, 1.165) is 10.4 Å². The van der Waals surface area contributed by atoms with Crippen molar-refractivity contribution in [3.63, 3.8) is 0 Å². The molecule has 70 valence electrons. The number of hydrogen-bond acceptors (Lipinski definition) is 3. The lowest BCUT2D eigenvalue weighted by molar-refractivity contribution is -0.136. The molecule has 0 unspecified atom stereocenters. The van der Waals surface area contributed by atoms with Crippen molar-refractivity contribution in [2.24, 2.45) is 0 Å². The summed E-state index contributed by atoms with van der Waals surface area (Å²) in [7, 11) is 0. The van der Waals surface area contributed by atoms with Crippen molar-refractivity contribution >= 4 is 36.0 Å². The Bertz CT molecular complexity index is 315. The van der Waals surface area contributed by atoms with Gasteiger partial charge in [-0.3, -0.25) is 4.79 Å². The Balaban J connectivity index is 2.63. The quantitative estimate of drug-likeness (QED) is 0.755. The van der Waals surface area contributed by atoms with Gasteiger partial charge in [-0.2, -0.15) is 12.6 Å². The highest BCUT2D eigenvalue weighted by molar-refractivity contribution is 7.80. The van der Waals surface area contributed by atoms with Crippen LogP contribution in [0.2, 0.25) is 0 Å². The topological polar surface area (TPSA) is 37.3 Å². The maximum atomic E-state index is 10.4. The Kier molecular flexibility index (Phi) is 4.05. The van der Waals surface area contributed by atoms with Crippen molar-refractivity contribution in [1.29, 1.82) is 0 Å². The van der Waals surface area contributed by atoms with Crippen LogP contribution in [0.5, 0.6) is 0 Å². The van der Waals surface area contributed by atoms with E-state index in [1.165, 1.54) is 11.3 Å². The van der Waals surface area contributed by atoms with E-state index in [9.17, 15) is 4.79 Å². The standard InChI is InChI=1S/C9H10O2S2/c10-9(11)5-8-4-7(6-13-8)2-1-3-12/h1-2,4,6,12H,3,5H2,(H,10,11). The van der Waals surface area contributed by atoms with E-state index in [1.54, 1.807) is 0 Å². The highest BCUT2D eigenvalue weighted by Crippen LogP contribution is 2.16. The molecule has 4 heteroatoms. The first-order chi connectivity index (χ1) is 6.22. The van der Waals surface area contributed by atoms with Gasteiger partial charge in [0, 0.05) is 10.6 Å². The number of rotatable bonds is 4. The number of carboxylic acids is 1. The Hall–Kier alpha value is -0.740. The molecule has 0 atom stereocenters. The minimum absolute atomic E-state index is 0.110. The fourth-order valence-corrected chi connectivity index (χ4v) is 1.87. The summed E-state index contributed by atoms with van der Waals surface area (Å²) in [5, 5.41) is 10.5. The zero-order valence-corrected chi connectivity index (χ0v) is 8.65. The summed E-state index contributed by atoms with van der Waals surface area (Å²) in [4.78, 5) is 11.2. The predicted molar refractivity (Wildman–Crippen MR) is 58.5 cm³/mol. The summed E-state index contributed by atoms with van der Waals surface area (Å²) in [6.45, 7) is 0. The van der Waals surface area contributed by atoms with Gasteiger partial charge in [0.25, 0.3) is 0 Å². The third-order valence-electron chi connectivity index (χ3n) is 1.42. The number of hydrogen-bond donors (Lipinski definition) is 2. The van der Waals surface area contributed by atoms with E-state index < -0.39 is 5.97 Å². The zero-order valence-electron chi connectivity index (χ0n) is 6.93. The monoisotopic (exact) mass is 214 g/mol. The molecule has 0 amide bonds. The van der Waals surface area contributed by atoms with Gasteiger partial charge in [-0.05, 0) is 17.0 Å². The lowest BCUT2D eigenvalue weighted by atomic mass is 10.2. The third kappa shape index (κ3) is 3.65. The molecule has 0 aliphatic rings. The molecule has 0 spiro atoms. The van der Waals surface area contributed by atoms with E-state index in [1.807, 2.05) is 23.6 Å². The Morgan fingerprint density at radius 2 is 2.46 bits per heavy atom. The molecule has 0 fully saturated rings. The number of carboxylic acid groups (broad SMARTS) is 1. The molecule has 0 bridgehead atoms. The average molecular weight is 214 g/mol. The molecule has 0 radical (unpaired) electrons. The van der Waals surface area contributed by atoms with Crippen LogP contribution in [0, 0.1) is 0 Å². The van der Waals surface area contributed by atoms with Crippen LogP contribution in [0.4, 0.5) is 0 Å². The Morgan fingerprint density at radius 1 is 1.69 bits per heavy atom. The van der Waals surface area contributed by atoms with Crippen LogP contribution >= 0.6 is 24.0 Å². The van der Waals surface area contributed by atoms with Crippen molar-refractivity contribution in [1.82, 2.24) is 0 Å². The molecule has 0 aliphatic carbocycles. The van der Waals surface area contributed by atoms with Crippen LogP contribution in [0.15, 0.2) is 17.5 Å². The molecular formula is C9H10O2S2. The van der Waals surface area contributed by atoms with E-state index in [-0.39, 0.29) is 6.42 Å². The molecule has 0 aromatic carbocycles.